The molecule has 3 amide bonds. The monoisotopic (exact) mass is 449 g/mol. The molecule has 3 heterocycles. The zero-order valence-electron chi connectivity index (χ0n) is 19.3. The Hall–Kier alpha value is -3.88. The number of carbonyl (C=O) groups excluding carboxylic acids is 3. The highest BCUT2D eigenvalue weighted by Gasteiger charge is 2.49. The molecule has 0 saturated carbocycles. The van der Waals surface area contributed by atoms with E-state index in [4.69, 9.17) is 4.42 Å². The maximum atomic E-state index is 13.7. The van der Waals surface area contributed by atoms with E-state index in [-0.39, 0.29) is 24.3 Å². The predicted molar refractivity (Wildman–Crippen MR) is 124 cm³/mol. The van der Waals surface area contributed by atoms with Gasteiger partial charge in [0.25, 0.3) is 5.91 Å². The van der Waals surface area contributed by atoms with Crippen LogP contribution < -0.4 is 15.5 Å². The molecule has 9 heteroatoms. The van der Waals surface area contributed by atoms with Crippen LogP contribution in [0.25, 0.3) is 11.5 Å². The van der Waals surface area contributed by atoms with Crippen LogP contribution in [0.2, 0.25) is 0 Å². The lowest BCUT2D eigenvalue weighted by atomic mass is 9.92. The van der Waals surface area contributed by atoms with Gasteiger partial charge in [-0.3, -0.25) is 24.0 Å². The zero-order chi connectivity index (χ0) is 24.0. The van der Waals surface area contributed by atoms with Gasteiger partial charge in [-0.2, -0.15) is 5.10 Å². The molecule has 0 radical (unpaired) electrons. The Bertz CT molecular complexity index is 1200. The van der Waals surface area contributed by atoms with E-state index < -0.39 is 11.1 Å². The van der Waals surface area contributed by atoms with Gasteiger partial charge in [-0.25, -0.2) is 0 Å². The van der Waals surface area contributed by atoms with Crippen molar-refractivity contribution in [1.82, 2.24) is 15.1 Å². The van der Waals surface area contributed by atoms with Crippen LogP contribution in [0.15, 0.2) is 53.1 Å². The Labute approximate surface area is 191 Å². The number of amides is 3. The molecule has 33 heavy (non-hydrogen) atoms. The number of aromatic nitrogens is 2. The average Bonchev–Trinajstić information content (AvgIpc) is 3.37. The first-order valence-electron chi connectivity index (χ1n) is 10.6. The number of benzene rings is 1. The van der Waals surface area contributed by atoms with Crippen LogP contribution in [0.5, 0.6) is 0 Å². The molecule has 1 aliphatic rings. The number of hydrogen-bond acceptors (Lipinski definition) is 5. The summed E-state index contributed by atoms with van der Waals surface area (Å²) in [4.78, 5) is 40.1. The minimum absolute atomic E-state index is 0.157. The van der Waals surface area contributed by atoms with Crippen molar-refractivity contribution in [3.05, 3.63) is 54.4 Å². The van der Waals surface area contributed by atoms with E-state index in [9.17, 15) is 14.4 Å². The molecule has 0 saturated heterocycles. The van der Waals surface area contributed by atoms with E-state index >= 15 is 0 Å². The molecule has 3 aromatic rings. The average molecular weight is 450 g/mol. The molecule has 1 aromatic carbocycles. The van der Waals surface area contributed by atoms with Gasteiger partial charge in [-0.1, -0.05) is 0 Å². The molecular formula is C24H27N5O4. The fourth-order valence-electron chi connectivity index (χ4n) is 3.90. The minimum Gasteiger partial charge on any atom is -0.463 e. The van der Waals surface area contributed by atoms with Crippen molar-refractivity contribution in [2.45, 2.75) is 52.2 Å². The lowest BCUT2D eigenvalue weighted by Gasteiger charge is -2.44. The predicted octanol–water partition coefficient (Wildman–Crippen LogP) is 3.44. The van der Waals surface area contributed by atoms with E-state index in [2.05, 4.69) is 15.7 Å². The van der Waals surface area contributed by atoms with Crippen molar-refractivity contribution in [3.8, 4) is 11.5 Å². The number of nitrogens with zero attached hydrogens (tertiary/aromatic N) is 3. The Kier molecular flexibility index (Phi) is 5.35. The highest BCUT2D eigenvalue weighted by molar-refractivity contribution is 6.12. The van der Waals surface area contributed by atoms with E-state index in [1.807, 2.05) is 20.8 Å². The van der Waals surface area contributed by atoms with Crippen molar-refractivity contribution in [2.24, 2.45) is 0 Å². The second-order valence-corrected chi connectivity index (χ2v) is 9.40. The summed E-state index contributed by atoms with van der Waals surface area (Å²) < 4.78 is 7.00. The molecule has 1 aliphatic heterocycles. The van der Waals surface area contributed by atoms with Crippen LogP contribution >= 0.6 is 0 Å². The molecule has 1 unspecified atom stereocenters. The van der Waals surface area contributed by atoms with Gasteiger partial charge in [0.05, 0.1) is 12.8 Å². The third-order valence-corrected chi connectivity index (χ3v) is 5.35. The molecule has 0 aliphatic carbocycles. The first kappa shape index (κ1) is 22.3. The highest BCUT2D eigenvalue weighted by Crippen LogP contribution is 2.35. The number of nitrogens with one attached hydrogen (secondary N) is 2. The largest absolute Gasteiger partial charge is 0.463 e. The Morgan fingerprint density at radius 1 is 1.15 bits per heavy atom. The molecule has 4 rings (SSSR count). The second-order valence-electron chi connectivity index (χ2n) is 9.40. The lowest BCUT2D eigenvalue weighted by Crippen LogP contribution is -2.66. The summed E-state index contributed by atoms with van der Waals surface area (Å²) in [7, 11) is 0. The molecule has 2 aromatic heterocycles. The van der Waals surface area contributed by atoms with Gasteiger partial charge in [-0.05, 0) is 64.1 Å². The van der Waals surface area contributed by atoms with E-state index in [1.54, 1.807) is 60.3 Å². The first-order chi connectivity index (χ1) is 15.5. The summed E-state index contributed by atoms with van der Waals surface area (Å²) in [6.07, 6.45) is 1.54. The molecule has 0 fully saturated rings. The van der Waals surface area contributed by atoms with Gasteiger partial charge in [0.15, 0.2) is 5.76 Å². The van der Waals surface area contributed by atoms with Gasteiger partial charge >= 0.3 is 0 Å². The summed E-state index contributed by atoms with van der Waals surface area (Å²) in [6, 6.07) is 12.0. The van der Waals surface area contributed by atoms with E-state index in [0.717, 1.165) is 0 Å². The molecule has 172 valence electrons. The molecule has 0 bridgehead atoms. The van der Waals surface area contributed by atoms with Crippen LogP contribution in [0.4, 0.5) is 11.4 Å². The summed E-state index contributed by atoms with van der Waals surface area (Å²) in [5.74, 6) is -0.308. The van der Waals surface area contributed by atoms with Gasteiger partial charge in [0.1, 0.15) is 16.9 Å². The Morgan fingerprint density at radius 2 is 1.85 bits per heavy atom. The number of anilines is 2. The van der Waals surface area contributed by atoms with Crippen LogP contribution in [-0.4, -0.2) is 38.6 Å². The molecule has 1 atom stereocenters. The number of furan rings is 1. The molecule has 2 N–H and O–H groups in total. The normalized spacial score (nSPS) is 18.1. The lowest BCUT2D eigenvalue weighted by molar-refractivity contribution is -0.128. The Morgan fingerprint density at radius 3 is 2.42 bits per heavy atom. The zero-order valence-corrected chi connectivity index (χ0v) is 19.3. The van der Waals surface area contributed by atoms with E-state index in [0.29, 0.717) is 28.5 Å². The number of rotatable bonds is 4. The number of carbonyl (C=O) groups is 3. The summed E-state index contributed by atoms with van der Waals surface area (Å²) >= 11 is 0. The minimum atomic E-state index is -1.25. The highest BCUT2D eigenvalue weighted by atomic mass is 16.3. The van der Waals surface area contributed by atoms with Crippen LogP contribution in [-0.2, 0) is 16.1 Å². The fraction of sp³-hybridized carbons (Fsp3) is 0.333. The van der Waals surface area contributed by atoms with Crippen molar-refractivity contribution in [1.29, 1.82) is 0 Å². The maximum absolute atomic E-state index is 13.7. The van der Waals surface area contributed by atoms with Crippen LogP contribution in [0.3, 0.4) is 0 Å². The van der Waals surface area contributed by atoms with Crippen LogP contribution in [0.1, 0.15) is 45.1 Å². The van der Waals surface area contributed by atoms with Gasteiger partial charge in [-0.15, -0.1) is 0 Å². The van der Waals surface area contributed by atoms with Crippen molar-refractivity contribution >= 4 is 29.1 Å². The quantitative estimate of drug-likeness (QED) is 0.634. The van der Waals surface area contributed by atoms with Gasteiger partial charge in [0, 0.05) is 29.9 Å². The first-order valence-corrected chi connectivity index (χ1v) is 10.6. The van der Waals surface area contributed by atoms with Crippen molar-refractivity contribution in [3.63, 3.8) is 0 Å². The summed E-state index contributed by atoms with van der Waals surface area (Å²) in [5, 5.41) is 10.3. The number of hydrogen-bond donors (Lipinski definition) is 2. The Balaban J connectivity index is 1.79. The number of fused-ring (bicyclic) bond motifs is 1. The van der Waals surface area contributed by atoms with Gasteiger partial charge in [0.2, 0.25) is 11.8 Å². The van der Waals surface area contributed by atoms with Crippen molar-refractivity contribution in [2.75, 3.05) is 10.2 Å². The molecule has 9 nitrogen and oxygen atoms in total. The smallest absolute Gasteiger partial charge is 0.277 e. The SMILES string of the molecule is CC(=O)Nc1ccc(N2C(=O)c3cc(-c4ccco4)nn3CC2(C)C(=O)NC(C)(C)C)cc1. The van der Waals surface area contributed by atoms with Crippen LogP contribution in [0, 0.1) is 0 Å². The van der Waals surface area contributed by atoms with E-state index in [1.165, 1.54) is 11.8 Å². The topological polar surface area (TPSA) is 109 Å². The maximum Gasteiger partial charge on any atom is 0.277 e. The fourth-order valence-corrected chi connectivity index (χ4v) is 3.90. The molecule has 0 spiro atoms. The third-order valence-electron chi connectivity index (χ3n) is 5.35. The second kappa shape index (κ2) is 7.91. The third kappa shape index (κ3) is 4.26. The summed E-state index contributed by atoms with van der Waals surface area (Å²) in [5.41, 5.74) is 0.264. The summed E-state index contributed by atoms with van der Waals surface area (Å²) in [6.45, 7) is 8.97. The molecular weight excluding hydrogens is 422 g/mol. The van der Waals surface area contributed by atoms with Crippen molar-refractivity contribution < 1.29 is 18.8 Å². The van der Waals surface area contributed by atoms with Gasteiger partial charge < -0.3 is 15.1 Å². The standard InChI is InChI=1S/C24H27N5O4/c1-15(30)25-16-8-10-17(11-9-16)29-21(31)19-13-18(20-7-6-12-33-20)27-28(19)14-24(29,5)22(32)26-23(2,3)4/h6-13H,14H2,1-5H3,(H,25,30)(H,26,32).